The number of nitrogen functional groups attached to an aromatic ring is 1. The first-order valence-corrected chi connectivity index (χ1v) is 32.8. The maximum absolute atomic E-state index is 12.6. The van der Waals surface area contributed by atoms with Crippen LogP contribution in [-0.4, -0.2) is 124 Å². The van der Waals surface area contributed by atoms with Gasteiger partial charge in [-0.25, -0.2) is 34.7 Å². The first kappa shape index (κ1) is 72.1. The van der Waals surface area contributed by atoms with Crippen LogP contribution in [0.4, 0.5) is 9.93 Å². The summed E-state index contributed by atoms with van der Waals surface area (Å²) in [5.41, 5.74) is 25.5. The van der Waals surface area contributed by atoms with Gasteiger partial charge in [0.05, 0.1) is 55.9 Å². The van der Waals surface area contributed by atoms with Gasteiger partial charge < -0.3 is 27.4 Å². The van der Waals surface area contributed by atoms with Crippen molar-refractivity contribution < 1.29 is 24.0 Å². The van der Waals surface area contributed by atoms with E-state index in [4.69, 9.17) is 40.4 Å². The van der Waals surface area contributed by atoms with E-state index in [0.717, 1.165) is 101 Å². The second-order valence-electron chi connectivity index (χ2n) is 24.3. The molecule has 0 radical (unpaired) electrons. The van der Waals surface area contributed by atoms with Crippen LogP contribution in [0.25, 0.3) is 31.3 Å². The Morgan fingerprint density at radius 3 is 1.31 bits per heavy atom. The molecular formula is C64H81Cl2N17O5S3. The number of pyridine rings is 3. The number of alkyl halides is 2. The number of anilines is 1. The summed E-state index contributed by atoms with van der Waals surface area (Å²) in [6.07, 6.45) is 23.4. The van der Waals surface area contributed by atoms with Crippen molar-refractivity contribution in [2.45, 2.75) is 150 Å². The SMILES string of the molecule is Cc1nc(CC(=O)N2CCC[C@H]2C(N)=O)sc1-c1ccnc(C(C)(C)C)c1.Cc1nc(CC(=O)n2ccnc2)sc1-c1ccnc(C(C)(C)C)c1.Cc1nc(N)sc1-c1ccnc(C(C)(C)C)c1.ClCCl.NC(=O)[C@@H]1CCCN1.O=C(n1ccnc1)n1ccnc1. The van der Waals surface area contributed by atoms with Gasteiger partial charge in [0.1, 0.15) is 35.0 Å². The predicted octanol–water partition coefficient (Wildman–Crippen LogP) is 11.4. The summed E-state index contributed by atoms with van der Waals surface area (Å²) < 4.78 is 4.24. The number of primary amides is 2. The fourth-order valence-electron chi connectivity index (χ4n) is 9.25. The van der Waals surface area contributed by atoms with Gasteiger partial charge in [-0.3, -0.25) is 47.8 Å². The zero-order valence-electron chi connectivity index (χ0n) is 53.5. The Kier molecular flexibility index (Phi) is 26.1. The predicted molar refractivity (Wildman–Crippen MR) is 362 cm³/mol. The molecule has 9 aromatic rings. The number of aryl methyl sites for hydroxylation is 3. The number of hydrogen-bond donors (Lipinski definition) is 4. The molecule has 7 N–H and O–H groups in total. The molecular weight excluding hydrogens is 1250 g/mol. The van der Waals surface area contributed by atoms with Gasteiger partial charge in [-0.15, -0.1) is 45.9 Å². The minimum absolute atomic E-state index is 0.00514. The zero-order chi connectivity index (χ0) is 66.8. The topological polar surface area (TPSA) is 309 Å². The molecule has 0 spiro atoms. The van der Waals surface area contributed by atoms with Crippen LogP contribution in [0.3, 0.4) is 0 Å². The summed E-state index contributed by atoms with van der Waals surface area (Å²) in [7, 11) is 0. The minimum atomic E-state index is -0.479. The third-order valence-electron chi connectivity index (χ3n) is 14.0. The zero-order valence-corrected chi connectivity index (χ0v) is 57.4. The number of imidazole rings is 3. The van der Waals surface area contributed by atoms with E-state index >= 15 is 0 Å². The van der Waals surface area contributed by atoms with Crippen LogP contribution < -0.4 is 22.5 Å². The summed E-state index contributed by atoms with van der Waals surface area (Å²) in [4.78, 5) is 101. The van der Waals surface area contributed by atoms with Crippen molar-refractivity contribution in [3.05, 3.63) is 155 Å². The molecule has 11 rings (SSSR count). The lowest BCUT2D eigenvalue weighted by atomic mass is 9.90. The van der Waals surface area contributed by atoms with Gasteiger partial charge in [-0.2, -0.15) is 0 Å². The molecule has 11 heterocycles. The van der Waals surface area contributed by atoms with Crippen molar-refractivity contribution >= 4 is 92.0 Å². The van der Waals surface area contributed by atoms with Crippen LogP contribution >= 0.6 is 57.2 Å². The van der Waals surface area contributed by atoms with Crippen molar-refractivity contribution in [1.29, 1.82) is 0 Å². The summed E-state index contributed by atoms with van der Waals surface area (Å²) in [5, 5.41) is 5.37. The molecule has 91 heavy (non-hydrogen) atoms. The second-order valence-corrected chi connectivity index (χ2v) is 28.3. The number of hydrogen-bond acceptors (Lipinski definition) is 19. The van der Waals surface area contributed by atoms with Gasteiger partial charge in [-0.05, 0) is 106 Å². The van der Waals surface area contributed by atoms with Gasteiger partial charge in [0.25, 0.3) is 0 Å². The molecule has 9 aromatic heterocycles. The number of halogens is 2. The summed E-state index contributed by atoms with van der Waals surface area (Å²) in [6, 6.07) is 11.6. The van der Waals surface area contributed by atoms with Gasteiger partial charge in [0.15, 0.2) is 5.13 Å². The molecule has 0 saturated carbocycles. The number of nitrogens with two attached hydrogens (primary N) is 3. The standard InChI is InChI=1S/C20H26N4O2S.C18H20N4OS.C13H17N3S.C7H6N4O.C5H10N2O.CH2Cl2/c1-12-18(13-7-8-22-15(10-13)20(2,3)4)27-16(23-12)11-17(25)24-9-5-6-14(24)19(21)26;1-12-17(13-5-6-20-14(9-13)18(2,3)4)24-15(21-12)10-16(23)22-8-7-19-11-22;1-8-11(17-12(14)16-8)9-5-6-15-10(7-9)13(2,3)4;12-7(10-3-1-8-5-10)11-4-2-9-6-11;6-5(8)4-2-1-3-7-4;2-1-3/h7-8,10,14H,5-6,9,11H2,1-4H3,(H2,21,26);5-9,11H,10H2,1-4H3;5-7H,1-4H3,(H2,14,16);1-6H;4,7H,1-3H2,(H2,6,8);1H2/t14-;;;;4-;/m0...0./s1. The van der Waals surface area contributed by atoms with Crippen LogP contribution in [0, 0.1) is 20.8 Å². The lowest BCUT2D eigenvalue weighted by Crippen LogP contribution is -2.44. The largest absolute Gasteiger partial charge is 0.375 e. The highest BCUT2D eigenvalue weighted by atomic mass is 35.5. The Morgan fingerprint density at radius 1 is 0.560 bits per heavy atom. The van der Waals surface area contributed by atoms with Crippen LogP contribution in [0.1, 0.15) is 137 Å². The Hall–Kier alpha value is -7.94. The number of nitrogens with one attached hydrogen (secondary N) is 1. The highest BCUT2D eigenvalue weighted by Gasteiger charge is 2.33. The van der Waals surface area contributed by atoms with E-state index in [0.29, 0.717) is 18.1 Å². The first-order chi connectivity index (χ1) is 43.0. The maximum Gasteiger partial charge on any atom is 0.338 e. The molecule has 2 aliphatic rings. The molecule has 484 valence electrons. The number of carbonyl (C=O) groups excluding carboxylic acids is 5. The van der Waals surface area contributed by atoms with Crippen LogP contribution in [0.15, 0.2) is 111 Å². The molecule has 0 unspecified atom stereocenters. The average molecular weight is 1340 g/mol. The lowest BCUT2D eigenvalue weighted by molar-refractivity contribution is -0.136. The van der Waals surface area contributed by atoms with E-state index in [2.05, 4.69) is 131 Å². The number of nitrogens with zero attached hydrogens (tertiary/aromatic N) is 13. The third kappa shape index (κ3) is 21.1. The van der Waals surface area contributed by atoms with E-state index in [-0.39, 0.29) is 64.2 Å². The van der Waals surface area contributed by atoms with Crippen molar-refractivity contribution in [2.75, 3.05) is 24.2 Å². The number of amides is 3. The Balaban J connectivity index is 0.000000188. The monoisotopic (exact) mass is 1330 g/mol. The number of rotatable bonds is 9. The molecule has 2 saturated heterocycles. The molecule has 0 aliphatic carbocycles. The van der Waals surface area contributed by atoms with E-state index in [1.807, 2.05) is 57.6 Å². The number of carbonyl (C=O) groups is 5. The third-order valence-corrected chi connectivity index (χ3v) is 17.5. The highest BCUT2D eigenvalue weighted by Crippen LogP contribution is 2.36. The fraction of sp³-hybridized carbons (Fsp3) is 0.406. The molecule has 0 aromatic carbocycles. The normalized spacial score (nSPS) is 14.4. The van der Waals surface area contributed by atoms with Crippen molar-refractivity contribution in [3.8, 4) is 31.3 Å². The van der Waals surface area contributed by atoms with E-state index in [9.17, 15) is 24.0 Å². The molecule has 27 heteroatoms. The number of thiazole rings is 3. The summed E-state index contributed by atoms with van der Waals surface area (Å²) in [5.74, 6) is -0.759. The minimum Gasteiger partial charge on any atom is -0.375 e. The maximum atomic E-state index is 12.6. The number of likely N-dealkylation sites (tertiary alicyclic amines) is 1. The molecule has 22 nitrogen and oxygen atoms in total. The van der Waals surface area contributed by atoms with Crippen molar-refractivity contribution in [2.24, 2.45) is 11.5 Å². The quantitative estimate of drug-likeness (QED) is 0.0976. The van der Waals surface area contributed by atoms with Crippen molar-refractivity contribution in [3.63, 3.8) is 0 Å². The second kappa shape index (κ2) is 32.9. The van der Waals surface area contributed by atoms with Crippen LogP contribution in [-0.2, 0) is 43.5 Å². The molecule has 2 aliphatic heterocycles. The van der Waals surface area contributed by atoms with E-state index in [1.165, 1.54) is 55.4 Å². The van der Waals surface area contributed by atoms with Crippen molar-refractivity contribution in [1.82, 2.24) is 68.8 Å². The highest BCUT2D eigenvalue weighted by molar-refractivity contribution is 7.19. The average Bonchev–Trinajstić information content (AvgIpc) is 1.96. The smallest absolute Gasteiger partial charge is 0.338 e. The molecule has 2 fully saturated rings. The van der Waals surface area contributed by atoms with Crippen LogP contribution in [0.5, 0.6) is 0 Å². The summed E-state index contributed by atoms with van der Waals surface area (Å²) in [6.45, 7) is 26.8. The first-order valence-electron chi connectivity index (χ1n) is 29.3. The fourth-order valence-corrected chi connectivity index (χ4v) is 12.2. The van der Waals surface area contributed by atoms with Gasteiger partial charge >= 0.3 is 6.03 Å². The van der Waals surface area contributed by atoms with Gasteiger partial charge in [-0.1, -0.05) is 73.7 Å². The van der Waals surface area contributed by atoms with E-state index < -0.39 is 11.9 Å². The molecule has 0 bridgehead atoms. The number of aromatic nitrogens is 12. The molecule has 3 amide bonds. The Bertz CT molecular complexity index is 3780. The summed E-state index contributed by atoms with van der Waals surface area (Å²) >= 11 is 14.1. The van der Waals surface area contributed by atoms with Gasteiger partial charge in [0.2, 0.25) is 23.6 Å². The van der Waals surface area contributed by atoms with Crippen LogP contribution in [0.2, 0.25) is 0 Å². The lowest BCUT2D eigenvalue weighted by Gasteiger charge is -2.21. The van der Waals surface area contributed by atoms with Gasteiger partial charge in [0, 0.05) is 95.6 Å². The Labute approximate surface area is 553 Å². The Morgan fingerprint density at radius 2 is 0.967 bits per heavy atom. The van der Waals surface area contributed by atoms with E-state index in [1.54, 1.807) is 53.4 Å². The molecule has 2 atom stereocenters.